The van der Waals surface area contributed by atoms with Crippen LogP contribution < -0.4 is 25.8 Å². The molecule has 0 bridgehead atoms. The lowest BCUT2D eigenvalue weighted by molar-refractivity contribution is 0.100. The lowest BCUT2D eigenvalue weighted by atomic mass is 10.1. The predicted molar refractivity (Wildman–Crippen MR) is 87.0 cm³/mol. The van der Waals surface area contributed by atoms with Crippen molar-refractivity contribution in [3.63, 3.8) is 0 Å². The standard InChI is InChI=1S/C16H19N5O3/c17-15(22)12-7-20-21-8-10(5-19-16(12)21)4-18-6-11-2-1-3-13-14(11)24-9-23-13/h1-3,7,10,18-19H,4-6,8-9H2,(H2,17,22)/t10-/m1/s1. The summed E-state index contributed by atoms with van der Waals surface area (Å²) in [6.45, 7) is 3.33. The van der Waals surface area contributed by atoms with Crippen molar-refractivity contribution < 1.29 is 14.3 Å². The minimum absolute atomic E-state index is 0.281. The van der Waals surface area contributed by atoms with E-state index in [0.29, 0.717) is 23.8 Å². The molecule has 3 heterocycles. The number of para-hydroxylation sites is 1. The molecule has 0 aliphatic carbocycles. The van der Waals surface area contributed by atoms with E-state index in [4.69, 9.17) is 15.2 Å². The molecule has 2 aliphatic rings. The number of rotatable bonds is 5. The summed E-state index contributed by atoms with van der Waals surface area (Å²) in [6.07, 6.45) is 1.52. The highest BCUT2D eigenvalue weighted by atomic mass is 16.7. The van der Waals surface area contributed by atoms with Crippen molar-refractivity contribution >= 4 is 11.7 Å². The Kier molecular flexibility index (Phi) is 3.73. The Balaban J connectivity index is 1.34. The maximum Gasteiger partial charge on any atom is 0.254 e. The van der Waals surface area contributed by atoms with Crippen molar-refractivity contribution in [2.24, 2.45) is 11.7 Å². The smallest absolute Gasteiger partial charge is 0.254 e. The number of primary amides is 1. The summed E-state index contributed by atoms with van der Waals surface area (Å²) in [5, 5.41) is 10.9. The molecule has 126 valence electrons. The van der Waals surface area contributed by atoms with Gasteiger partial charge in [0.2, 0.25) is 6.79 Å². The Morgan fingerprint density at radius 1 is 1.46 bits per heavy atom. The largest absolute Gasteiger partial charge is 0.454 e. The van der Waals surface area contributed by atoms with Crippen LogP contribution in [0.4, 0.5) is 5.82 Å². The van der Waals surface area contributed by atoms with Crippen molar-refractivity contribution in [1.82, 2.24) is 15.1 Å². The topological polar surface area (TPSA) is 103 Å². The number of benzene rings is 1. The van der Waals surface area contributed by atoms with Crippen molar-refractivity contribution in [3.05, 3.63) is 35.5 Å². The molecule has 2 aliphatic heterocycles. The van der Waals surface area contributed by atoms with E-state index in [-0.39, 0.29) is 6.79 Å². The summed E-state index contributed by atoms with van der Waals surface area (Å²) in [7, 11) is 0. The number of aromatic nitrogens is 2. The molecular weight excluding hydrogens is 310 g/mol. The van der Waals surface area contributed by atoms with Crippen molar-refractivity contribution in [3.8, 4) is 11.5 Å². The van der Waals surface area contributed by atoms with Crippen LogP contribution in [0.15, 0.2) is 24.4 Å². The zero-order valence-electron chi connectivity index (χ0n) is 13.1. The molecule has 0 unspecified atom stereocenters. The first-order valence-corrected chi connectivity index (χ1v) is 7.90. The van der Waals surface area contributed by atoms with Gasteiger partial charge in [-0.25, -0.2) is 4.68 Å². The SMILES string of the molecule is NC(=O)c1cnn2c1NC[C@@H](CNCc1cccc3c1OCO3)C2. The number of nitrogens with zero attached hydrogens (tertiary/aromatic N) is 2. The second kappa shape index (κ2) is 6.04. The van der Waals surface area contributed by atoms with Gasteiger partial charge in [0.1, 0.15) is 11.4 Å². The quantitative estimate of drug-likeness (QED) is 0.740. The number of ether oxygens (including phenoxy) is 2. The average Bonchev–Trinajstić information content (AvgIpc) is 3.21. The summed E-state index contributed by atoms with van der Waals surface area (Å²) in [4.78, 5) is 11.3. The van der Waals surface area contributed by atoms with Gasteiger partial charge in [0.05, 0.1) is 6.20 Å². The van der Waals surface area contributed by atoms with Gasteiger partial charge >= 0.3 is 0 Å². The Bertz CT molecular complexity index is 773. The van der Waals surface area contributed by atoms with Crippen LogP contribution >= 0.6 is 0 Å². The van der Waals surface area contributed by atoms with E-state index in [2.05, 4.69) is 15.7 Å². The first-order chi connectivity index (χ1) is 11.7. The van der Waals surface area contributed by atoms with Crippen LogP contribution in [0.2, 0.25) is 0 Å². The minimum atomic E-state index is -0.458. The first kappa shape index (κ1) is 14.8. The summed E-state index contributed by atoms with van der Waals surface area (Å²) in [5.74, 6) is 2.25. The molecule has 0 saturated heterocycles. The second-order valence-corrected chi connectivity index (χ2v) is 5.98. The third-order valence-electron chi connectivity index (χ3n) is 4.32. The number of hydrogen-bond donors (Lipinski definition) is 3. The summed E-state index contributed by atoms with van der Waals surface area (Å²) in [5.41, 5.74) is 6.87. The lowest BCUT2D eigenvalue weighted by Gasteiger charge is -2.25. The Morgan fingerprint density at radius 3 is 3.25 bits per heavy atom. The molecule has 0 spiro atoms. The highest BCUT2D eigenvalue weighted by Gasteiger charge is 2.23. The van der Waals surface area contributed by atoms with Gasteiger partial charge in [0, 0.05) is 37.7 Å². The number of nitrogens with two attached hydrogens (primary N) is 1. The number of carbonyl (C=O) groups is 1. The van der Waals surface area contributed by atoms with E-state index in [1.807, 2.05) is 18.2 Å². The molecule has 24 heavy (non-hydrogen) atoms. The van der Waals surface area contributed by atoms with Gasteiger partial charge < -0.3 is 25.8 Å². The number of fused-ring (bicyclic) bond motifs is 2. The van der Waals surface area contributed by atoms with E-state index in [1.165, 1.54) is 6.20 Å². The number of nitrogens with one attached hydrogen (secondary N) is 2. The van der Waals surface area contributed by atoms with Gasteiger partial charge in [-0.1, -0.05) is 12.1 Å². The van der Waals surface area contributed by atoms with Crippen LogP contribution in [-0.2, 0) is 13.1 Å². The van der Waals surface area contributed by atoms with Crippen molar-refractivity contribution in [2.45, 2.75) is 13.1 Å². The molecule has 1 amide bonds. The molecule has 8 nitrogen and oxygen atoms in total. The van der Waals surface area contributed by atoms with Gasteiger partial charge in [-0.3, -0.25) is 4.79 Å². The van der Waals surface area contributed by atoms with Crippen LogP contribution in [0.3, 0.4) is 0 Å². The summed E-state index contributed by atoms with van der Waals surface area (Å²) >= 11 is 0. The van der Waals surface area contributed by atoms with Crippen LogP contribution in [-0.4, -0.2) is 35.6 Å². The van der Waals surface area contributed by atoms with Gasteiger partial charge in [-0.15, -0.1) is 0 Å². The molecule has 8 heteroatoms. The Morgan fingerprint density at radius 2 is 2.38 bits per heavy atom. The monoisotopic (exact) mass is 329 g/mol. The van der Waals surface area contributed by atoms with Crippen molar-refractivity contribution in [1.29, 1.82) is 0 Å². The van der Waals surface area contributed by atoms with E-state index in [0.717, 1.165) is 36.7 Å². The molecule has 0 radical (unpaired) electrons. The summed E-state index contributed by atoms with van der Waals surface area (Å²) < 4.78 is 12.7. The highest BCUT2D eigenvalue weighted by Crippen LogP contribution is 2.35. The first-order valence-electron chi connectivity index (χ1n) is 7.90. The van der Waals surface area contributed by atoms with Crippen LogP contribution in [0.1, 0.15) is 15.9 Å². The zero-order valence-corrected chi connectivity index (χ0v) is 13.1. The van der Waals surface area contributed by atoms with Gasteiger partial charge in [-0.2, -0.15) is 5.10 Å². The van der Waals surface area contributed by atoms with Crippen molar-refractivity contribution in [2.75, 3.05) is 25.2 Å². The number of amides is 1. The summed E-state index contributed by atoms with van der Waals surface area (Å²) in [6, 6.07) is 5.91. The van der Waals surface area contributed by atoms with Crippen LogP contribution in [0.5, 0.6) is 11.5 Å². The van der Waals surface area contributed by atoms with E-state index in [1.54, 1.807) is 4.68 Å². The molecule has 2 aromatic rings. The predicted octanol–water partition coefficient (Wildman–Crippen LogP) is 0.542. The fourth-order valence-electron chi connectivity index (χ4n) is 3.12. The minimum Gasteiger partial charge on any atom is -0.454 e. The van der Waals surface area contributed by atoms with Crippen LogP contribution in [0, 0.1) is 5.92 Å². The molecule has 1 atom stereocenters. The third kappa shape index (κ3) is 2.65. The van der Waals surface area contributed by atoms with E-state index < -0.39 is 5.91 Å². The second-order valence-electron chi connectivity index (χ2n) is 5.98. The average molecular weight is 329 g/mol. The molecular formula is C16H19N5O3. The molecule has 0 fully saturated rings. The fraction of sp³-hybridized carbons (Fsp3) is 0.375. The zero-order chi connectivity index (χ0) is 16.5. The lowest BCUT2D eigenvalue weighted by Crippen LogP contribution is -2.35. The number of anilines is 1. The molecule has 1 aromatic carbocycles. The molecule has 4 rings (SSSR count). The van der Waals surface area contributed by atoms with E-state index >= 15 is 0 Å². The maximum absolute atomic E-state index is 11.3. The molecule has 4 N–H and O–H groups in total. The van der Waals surface area contributed by atoms with E-state index in [9.17, 15) is 4.79 Å². The highest BCUT2D eigenvalue weighted by molar-refractivity contribution is 5.97. The number of hydrogen-bond acceptors (Lipinski definition) is 6. The number of carbonyl (C=O) groups excluding carboxylic acids is 1. The third-order valence-corrected chi connectivity index (χ3v) is 4.32. The van der Waals surface area contributed by atoms with Gasteiger partial charge in [0.25, 0.3) is 5.91 Å². The maximum atomic E-state index is 11.3. The van der Waals surface area contributed by atoms with Gasteiger partial charge in [-0.05, 0) is 6.07 Å². The van der Waals surface area contributed by atoms with Crippen LogP contribution in [0.25, 0.3) is 0 Å². The molecule has 0 saturated carbocycles. The Labute approximate surface area is 138 Å². The normalized spacial score (nSPS) is 18.1. The Hall–Kier alpha value is -2.74. The molecule has 1 aromatic heterocycles. The fourth-order valence-corrected chi connectivity index (χ4v) is 3.12. The van der Waals surface area contributed by atoms with Gasteiger partial charge in [0.15, 0.2) is 11.5 Å².